The highest BCUT2D eigenvalue weighted by Gasteiger charge is 2.33. The lowest BCUT2D eigenvalue weighted by Gasteiger charge is -2.24. The molecule has 20 heavy (non-hydrogen) atoms. The van der Waals surface area contributed by atoms with Gasteiger partial charge >= 0.3 is 6.18 Å². The minimum atomic E-state index is -4.56. The van der Waals surface area contributed by atoms with Gasteiger partial charge < -0.3 is 15.7 Å². The monoisotopic (exact) mass is 290 g/mol. The summed E-state index contributed by atoms with van der Waals surface area (Å²) < 4.78 is 38.1. The van der Waals surface area contributed by atoms with Crippen molar-refractivity contribution < 1.29 is 18.3 Å². The highest BCUT2D eigenvalue weighted by molar-refractivity contribution is 5.99. The fraction of sp³-hybridized carbons (Fsp3) is 0.500. The first-order valence-corrected chi connectivity index (χ1v) is 6.09. The number of rotatable bonds is 6. The Morgan fingerprint density at radius 2 is 2.10 bits per heavy atom. The molecule has 0 saturated heterocycles. The molecule has 0 saturated carbocycles. The lowest BCUT2D eigenvalue weighted by Crippen LogP contribution is -2.29. The van der Waals surface area contributed by atoms with Crippen molar-refractivity contribution in [1.82, 2.24) is 4.98 Å². The number of pyridine rings is 1. The molecule has 1 aromatic heterocycles. The van der Waals surface area contributed by atoms with Gasteiger partial charge in [-0.2, -0.15) is 13.2 Å². The number of aliphatic hydroxyl groups excluding tert-OH is 1. The highest BCUT2D eigenvalue weighted by atomic mass is 19.4. The topological polar surface area (TPSA) is 86.2 Å². The molecule has 0 aliphatic heterocycles. The maximum Gasteiger partial charge on any atom is 0.433 e. The Morgan fingerprint density at radius 3 is 2.55 bits per heavy atom. The number of anilines is 1. The average molecular weight is 290 g/mol. The van der Waals surface area contributed by atoms with E-state index in [1.54, 1.807) is 11.8 Å². The number of nitrogens with one attached hydrogen (secondary N) is 1. The molecule has 0 spiro atoms. The zero-order valence-corrected chi connectivity index (χ0v) is 11.0. The van der Waals surface area contributed by atoms with E-state index in [4.69, 9.17) is 16.2 Å². The maximum atomic E-state index is 12.7. The number of nitrogens with two attached hydrogens (primary N) is 1. The number of halogens is 3. The Morgan fingerprint density at radius 1 is 1.45 bits per heavy atom. The molecule has 0 atom stereocenters. The SMILES string of the molecule is CCN(CCCO)c1nc(C(F)(F)F)ccc1C(=N)N. The third-order valence-corrected chi connectivity index (χ3v) is 2.72. The molecular weight excluding hydrogens is 273 g/mol. The van der Waals surface area contributed by atoms with E-state index >= 15 is 0 Å². The second kappa shape index (κ2) is 6.56. The Labute approximate surface area is 114 Å². The van der Waals surface area contributed by atoms with Gasteiger partial charge in [0.25, 0.3) is 0 Å². The highest BCUT2D eigenvalue weighted by Crippen LogP contribution is 2.30. The molecule has 8 heteroatoms. The van der Waals surface area contributed by atoms with Gasteiger partial charge in [0.2, 0.25) is 0 Å². The zero-order valence-electron chi connectivity index (χ0n) is 11.0. The summed E-state index contributed by atoms with van der Waals surface area (Å²) in [5.74, 6) is -0.327. The molecule has 1 heterocycles. The molecule has 1 aromatic rings. The van der Waals surface area contributed by atoms with Crippen molar-refractivity contribution in [2.75, 3.05) is 24.6 Å². The van der Waals surface area contributed by atoms with Crippen molar-refractivity contribution >= 4 is 11.7 Å². The van der Waals surface area contributed by atoms with Gasteiger partial charge in [-0.25, -0.2) is 4.98 Å². The van der Waals surface area contributed by atoms with Crippen molar-refractivity contribution in [3.63, 3.8) is 0 Å². The van der Waals surface area contributed by atoms with Gasteiger partial charge in [0.05, 0.1) is 5.56 Å². The minimum absolute atomic E-state index is 0.0169. The molecule has 0 aromatic carbocycles. The van der Waals surface area contributed by atoms with Crippen LogP contribution in [-0.2, 0) is 6.18 Å². The summed E-state index contributed by atoms with van der Waals surface area (Å²) in [5.41, 5.74) is 4.50. The normalized spacial score (nSPS) is 11.4. The van der Waals surface area contributed by atoms with E-state index in [1.165, 1.54) is 0 Å². The molecule has 5 nitrogen and oxygen atoms in total. The van der Waals surface area contributed by atoms with Crippen LogP contribution in [0.1, 0.15) is 24.6 Å². The molecule has 0 aliphatic rings. The number of nitrogens with zero attached hydrogens (tertiary/aromatic N) is 2. The van der Waals surface area contributed by atoms with Crippen molar-refractivity contribution in [2.24, 2.45) is 5.73 Å². The van der Waals surface area contributed by atoms with Gasteiger partial charge in [0, 0.05) is 19.7 Å². The van der Waals surface area contributed by atoms with Crippen LogP contribution < -0.4 is 10.6 Å². The number of aromatic nitrogens is 1. The summed E-state index contributed by atoms with van der Waals surface area (Å²) in [7, 11) is 0. The summed E-state index contributed by atoms with van der Waals surface area (Å²) >= 11 is 0. The molecule has 4 N–H and O–H groups in total. The molecular formula is C12H17F3N4O. The number of nitrogen functional groups attached to an aromatic ring is 1. The lowest BCUT2D eigenvalue weighted by atomic mass is 10.2. The van der Waals surface area contributed by atoms with E-state index in [9.17, 15) is 13.2 Å². The summed E-state index contributed by atoms with van der Waals surface area (Å²) in [5, 5.41) is 16.3. The van der Waals surface area contributed by atoms with E-state index in [0.29, 0.717) is 19.5 Å². The van der Waals surface area contributed by atoms with E-state index in [-0.39, 0.29) is 23.8 Å². The first-order valence-electron chi connectivity index (χ1n) is 6.09. The summed E-state index contributed by atoms with van der Waals surface area (Å²) in [6.07, 6.45) is -4.16. The van der Waals surface area contributed by atoms with Crippen LogP contribution in [0, 0.1) is 5.41 Å². The molecule has 0 radical (unpaired) electrons. The first-order chi connectivity index (χ1) is 9.31. The Balaban J connectivity index is 3.26. The van der Waals surface area contributed by atoms with Crippen molar-refractivity contribution in [2.45, 2.75) is 19.5 Å². The largest absolute Gasteiger partial charge is 0.433 e. The predicted octanol–water partition coefficient (Wildman–Crippen LogP) is 1.59. The Hall–Kier alpha value is -1.83. The molecule has 0 fully saturated rings. The quantitative estimate of drug-likeness (QED) is 0.548. The standard InChI is InChI=1S/C12H17F3N4O/c1-2-19(6-3-7-20)11-8(10(16)17)4-5-9(18-11)12(13,14)15/h4-5,20H,2-3,6-7H2,1H3,(H3,16,17). The average Bonchev–Trinajstić information content (AvgIpc) is 2.38. The van der Waals surface area contributed by atoms with Gasteiger partial charge in [-0.05, 0) is 25.5 Å². The van der Waals surface area contributed by atoms with Crippen molar-refractivity contribution in [1.29, 1.82) is 5.41 Å². The first kappa shape index (κ1) is 16.2. The fourth-order valence-corrected chi connectivity index (χ4v) is 1.73. The second-order valence-electron chi connectivity index (χ2n) is 4.14. The van der Waals surface area contributed by atoms with Crippen LogP contribution in [0.3, 0.4) is 0 Å². The zero-order chi connectivity index (χ0) is 15.3. The van der Waals surface area contributed by atoms with Crippen LogP contribution >= 0.6 is 0 Å². The lowest BCUT2D eigenvalue weighted by molar-refractivity contribution is -0.141. The summed E-state index contributed by atoms with van der Waals surface area (Å²) in [6.45, 7) is 2.41. The number of hydrogen-bond acceptors (Lipinski definition) is 4. The molecule has 0 amide bonds. The van der Waals surface area contributed by atoms with E-state index in [0.717, 1.165) is 12.1 Å². The summed E-state index contributed by atoms with van der Waals surface area (Å²) in [4.78, 5) is 5.15. The van der Waals surface area contributed by atoms with Gasteiger partial charge in [-0.1, -0.05) is 0 Å². The second-order valence-corrected chi connectivity index (χ2v) is 4.14. The third kappa shape index (κ3) is 3.83. The van der Waals surface area contributed by atoms with Crippen LogP contribution in [0.15, 0.2) is 12.1 Å². The Kier molecular flexibility index (Phi) is 5.32. The van der Waals surface area contributed by atoms with Gasteiger partial charge in [0.1, 0.15) is 17.3 Å². The third-order valence-electron chi connectivity index (χ3n) is 2.72. The van der Waals surface area contributed by atoms with E-state index < -0.39 is 11.9 Å². The Bertz CT molecular complexity index is 476. The van der Waals surface area contributed by atoms with Gasteiger partial charge in [0.15, 0.2) is 0 Å². The van der Waals surface area contributed by atoms with Gasteiger partial charge in [-0.15, -0.1) is 0 Å². The molecule has 0 aliphatic carbocycles. The van der Waals surface area contributed by atoms with Crippen molar-refractivity contribution in [3.8, 4) is 0 Å². The number of alkyl halides is 3. The summed E-state index contributed by atoms with van der Waals surface area (Å²) in [6, 6.07) is 1.95. The van der Waals surface area contributed by atoms with E-state index in [1.807, 2.05) is 0 Å². The molecule has 0 bridgehead atoms. The molecule has 0 unspecified atom stereocenters. The van der Waals surface area contributed by atoms with Crippen molar-refractivity contribution in [3.05, 3.63) is 23.4 Å². The fourth-order valence-electron chi connectivity index (χ4n) is 1.73. The molecule has 1 rings (SSSR count). The maximum absolute atomic E-state index is 12.7. The smallest absolute Gasteiger partial charge is 0.396 e. The minimum Gasteiger partial charge on any atom is -0.396 e. The molecule has 112 valence electrons. The van der Waals surface area contributed by atoms with Crippen LogP contribution in [0.5, 0.6) is 0 Å². The number of aliphatic hydroxyl groups is 1. The predicted molar refractivity (Wildman–Crippen MR) is 69.8 cm³/mol. The number of amidine groups is 1. The van der Waals surface area contributed by atoms with E-state index in [2.05, 4.69) is 4.98 Å². The van der Waals surface area contributed by atoms with Crippen LogP contribution in [-0.4, -0.2) is 35.6 Å². The van der Waals surface area contributed by atoms with Crippen LogP contribution in [0.25, 0.3) is 0 Å². The number of hydrogen-bond donors (Lipinski definition) is 3. The van der Waals surface area contributed by atoms with Gasteiger partial charge in [-0.3, -0.25) is 5.41 Å². The van der Waals surface area contributed by atoms with Crippen LogP contribution in [0.2, 0.25) is 0 Å². The van der Waals surface area contributed by atoms with Crippen LogP contribution in [0.4, 0.5) is 19.0 Å².